The predicted octanol–water partition coefficient (Wildman–Crippen LogP) is 2.77. The van der Waals surface area contributed by atoms with Gasteiger partial charge in [-0.1, -0.05) is 38.1 Å². The van der Waals surface area contributed by atoms with Crippen molar-refractivity contribution < 1.29 is 14.6 Å². The molecule has 104 valence electrons. The Bertz CT molecular complexity index is 463. The molecular weight excluding hydrogens is 240 g/mol. The number of benzene rings is 1. The number of carbonyl (C=O) groups excluding carboxylic acids is 1. The molecule has 0 saturated heterocycles. The van der Waals surface area contributed by atoms with Crippen LogP contribution in [0.2, 0.25) is 0 Å². The highest BCUT2D eigenvalue weighted by Gasteiger charge is 2.57. The van der Waals surface area contributed by atoms with E-state index in [4.69, 9.17) is 4.74 Å². The molecule has 0 amide bonds. The van der Waals surface area contributed by atoms with Gasteiger partial charge in [0.25, 0.3) is 0 Å². The second kappa shape index (κ2) is 4.64. The maximum atomic E-state index is 12.1. The van der Waals surface area contributed by atoms with Crippen molar-refractivity contribution in [1.29, 1.82) is 0 Å². The summed E-state index contributed by atoms with van der Waals surface area (Å²) in [4.78, 5) is 12.1. The van der Waals surface area contributed by atoms with Crippen LogP contribution < -0.4 is 0 Å². The molecule has 1 fully saturated rings. The molecule has 1 N–H and O–H groups in total. The lowest BCUT2D eigenvalue weighted by Gasteiger charge is -2.49. The van der Waals surface area contributed by atoms with E-state index >= 15 is 0 Å². The molecule has 1 aromatic rings. The van der Waals surface area contributed by atoms with Crippen molar-refractivity contribution in [3.63, 3.8) is 0 Å². The maximum absolute atomic E-state index is 12.1. The zero-order chi connectivity index (χ0) is 14.3. The highest BCUT2D eigenvalue weighted by atomic mass is 16.5. The quantitative estimate of drug-likeness (QED) is 0.852. The molecule has 3 heteroatoms. The molecule has 3 nitrogen and oxygen atoms in total. The third-order valence-corrected chi connectivity index (χ3v) is 4.07. The third kappa shape index (κ3) is 2.39. The van der Waals surface area contributed by atoms with Gasteiger partial charge in [-0.2, -0.15) is 0 Å². The van der Waals surface area contributed by atoms with Crippen LogP contribution in [0.1, 0.15) is 50.7 Å². The van der Waals surface area contributed by atoms with Gasteiger partial charge >= 0.3 is 5.97 Å². The number of hydrogen-bond donors (Lipinski definition) is 1. The van der Waals surface area contributed by atoms with Crippen molar-refractivity contribution in [3.05, 3.63) is 35.4 Å². The smallest absolute Gasteiger partial charge is 0.316 e. The summed E-state index contributed by atoms with van der Waals surface area (Å²) in [6.07, 6.45) is 0.849. The lowest BCUT2D eigenvalue weighted by Crippen LogP contribution is -2.57. The molecule has 1 aromatic carbocycles. The van der Waals surface area contributed by atoms with E-state index in [1.165, 1.54) is 12.7 Å². The maximum Gasteiger partial charge on any atom is 0.316 e. The molecule has 1 aliphatic rings. The zero-order valence-corrected chi connectivity index (χ0v) is 12.1. The van der Waals surface area contributed by atoms with Crippen LogP contribution in [-0.2, 0) is 14.9 Å². The van der Waals surface area contributed by atoms with Gasteiger partial charge in [0.1, 0.15) is 0 Å². The Kier molecular flexibility index (Phi) is 3.43. The molecule has 0 aromatic heterocycles. The van der Waals surface area contributed by atoms with E-state index in [1.54, 1.807) is 6.92 Å². The van der Waals surface area contributed by atoms with Crippen molar-refractivity contribution in [1.82, 2.24) is 0 Å². The number of rotatable bonds is 3. The van der Waals surface area contributed by atoms with Gasteiger partial charge in [-0.15, -0.1) is 0 Å². The van der Waals surface area contributed by atoms with Gasteiger partial charge in [-0.3, -0.25) is 4.79 Å². The van der Waals surface area contributed by atoms with E-state index in [9.17, 15) is 9.90 Å². The third-order valence-electron chi connectivity index (χ3n) is 4.07. The van der Waals surface area contributed by atoms with Gasteiger partial charge in [0, 0.05) is 0 Å². The topological polar surface area (TPSA) is 46.5 Å². The standard InChI is InChI=1S/C16H22O3/c1-11(2)12-5-7-13(8-6-12)16(14(17)19-4)9-15(3,18)10-16/h5-8,11,18H,9-10H2,1-4H3. The minimum Gasteiger partial charge on any atom is -0.468 e. The number of hydrogen-bond acceptors (Lipinski definition) is 3. The van der Waals surface area contributed by atoms with E-state index in [-0.39, 0.29) is 5.97 Å². The van der Waals surface area contributed by atoms with Crippen LogP contribution in [0.3, 0.4) is 0 Å². The lowest BCUT2D eigenvalue weighted by atomic mass is 9.56. The predicted molar refractivity (Wildman–Crippen MR) is 74.1 cm³/mol. The van der Waals surface area contributed by atoms with Gasteiger partial charge in [0.15, 0.2) is 0 Å². The van der Waals surface area contributed by atoms with Crippen LogP contribution in [0.5, 0.6) is 0 Å². The first-order chi connectivity index (χ1) is 8.81. The minimum absolute atomic E-state index is 0.253. The summed E-state index contributed by atoms with van der Waals surface area (Å²) < 4.78 is 4.93. The summed E-state index contributed by atoms with van der Waals surface area (Å²) in [7, 11) is 1.40. The molecule has 0 radical (unpaired) electrons. The molecule has 0 heterocycles. The normalized spacial score (nSPS) is 30.0. The highest BCUT2D eigenvalue weighted by molar-refractivity contribution is 5.85. The van der Waals surface area contributed by atoms with Crippen molar-refractivity contribution in [2.45, 2.75) is 50.5 Å². The Hall–Kier alpha value is -1.35. The van der Waals surface area contributed by atoms with Crippen LogP contribution in [0, 0.1) is 0 Å². The Morgan fingerprint density at radius 3 is 2.16 bits per heavy atom. The summed E-state index contributed by atoms with van der Waals surface area (Å²) in [5, 5.41) is 9.99. The molecule has 0 aliphatic heterocycles. The average molecular weight is 262 g/mol. The first kappa shape index (κ1) is 14.1. The van der Waals surface area contributed by atoms with Gasteiger partial charge in [0.05, 0.1) is 18.1 Å². The lowest BCUT2D eigenvalue weighted by molar-refractivity contribution is -0.165. The number of ether oxygens (including phenoxy) is 1. The molecule has 1 saturated carbocycles. The Labute approximate surface area is 114 Å². The van der Waals surface area contributed by atoms with E-state index in [1.807, 2.05) is 12.1 Å². The zero-order valence-electron chi connectivity index (χ0n) is 12.1. The van der Waals surface area contributed by atoms with Gasteiger partial charge in [0.2, 0.25) is 0 Å². The van der Waals surface area contributed by atoms with Crippen molar-refractivity contribution in [3.8, 4) is 0 Å². The monoisotopic (exact) mass is 262 g/mol. The molecule has 2 rings (SSSR count). The SMILES string of the molecule is COC(=O)C1(c2ccc(C(C)C)cc2)CC(C)(O)C1. The fourth-order valence-corrected chi connectivity index (χ4v) is 3.10. The molecule has 0 atom stereocenters. The average Bonchev–Trinajstić information content (AvgIpc) is 2.34. The minimum atomic E-state index is -0.773. The molecule has 19 heavy (non-hydrogen) atoms. The van der Waals surface area contributed by atoms with Crippen LogP contribution in [0.4, 0.5) is 0 Å². The molecule has 0 unspecified atom stereocenters. The number of carbonyl (C=O) groups is 1. The van der Waals surface area contributed by atoms with Crippen LogP contribution in [-0.4, -0.2) is 23.8 Å². The Morgan fingerprint density at radius 2 is 1.79 bits per heavy atom. The largest absolute Gasteiger partial charge is 0.468 e. The first-order valence-corrected chi connectivity index (χ1v) is 6.72. The molecule has 0 bridgehead atoms. The second-order valence-electron chi connectivity index (χ2n) is 6.20. The van der Waals surface area contributed by atoms with Crippen molar-refractivity contribution in [2.24, 2.45) is 0 Å². The fourth-order valence-electron chi connectivity index (χ4n) is 3.10. The van der Waals surface area contributed by atoms with Gasteiger partial charge in [-0.05, 0) is 36.8 Å². The highest BCUT2D eigenvalue weighted by Crippen LogP contribution is 2.51. The summed E-state index contributed by atoms with van der Waals surface area (Å²) in [5.41, 5.74) is 0.740. The van der Waals surface area contributed by atoms with E-state index in [0.717, 1.165) is 5.56 Å². The van der Waals surface area contributed by atoms with Crippen molar-refractivity contribution >= 4 is 5.97 Å². The number of esters is 1. The summed E-state index contributed by atoms with van der Waals surface area (Å²) in [5.74, 6) is 0.212. The van der Waals surface area contributed by atoms with E-state index < -0.39 is 11.0 Å². The van der Waals surface area contributed by atoms with Crippen LogP contribution in [0.25, 0.3) is 0 Å². The molecule has 0 spiro atoms. The Balaban J connectivity index is 2.33. The van der Waals surface area contributed by atoms with Gasteiger partial charge < -0.3 is 9.84 Å². The van der Waals surface area contributed by atoms with Crippen molar-refractivity contribution in [2.75, 3.05) is 7.11 Å². The number of methoxy groups -OCH3 is 1. The summed E-state index contributed by atoms with van der Waals surface area (Å²) in [6.45, 7) is 6.04. The molecule has 1 aliphatic carbocycles. The second-order valence-corrected chi connectivity index (χ2v) is 6.20. The molecular formula is C16H22O3. The van der Waals surface area contributed by atoms with Gasteiger partial charge in [-0.25, -0.2) is 0 Å². The fraction of sp³-hybridized carbons (Fsp3) is 0.562. The first-order valence-electron chi connectivity index (χ1n) is 6.72. The Morgan fingerprint density at radius 1 is 1.26 bits per heavy atom. The summed E-state index contributed by atoms with van der Waals surface area (Å²) in [6, 6.07) is 8.08. The van der Waals surface area contributed by atoms with E-state index in [0.29, 0.717) is 18.8 Å². The van der Waals surface area contributed by atoms with Crippen LogP contribution >= 0.6 is 0 Å². The number of aliphatic hydroxyl groups is 1. The van der Waals surface area contributed by atoms with E-state index in [2.05, 4.69) is 26.0 Å². The van der Waals surface area contributed by atoms with Crippen LogP contribution in [0.15, 0.2) is 24.3 Å². The summed E-state index contributed by atoms with van der Waals surface area (Å²) >= 11 is 0.